The van der Waals surface area contributed by atoms with Crippen LogP contribution in [0.2, 0.25) is 0 Å². The van der Waals surface area contributed by atoms with Crippen molar-refractivity contribution in [2.75, 3.05) is 14.2 Å². The number of ether oxygens (including phenoxy) is 2. The second-order valence-corrected chi connectivity index (χ2v) is 4.07. The fraction of sp³-hybridized carbons (Fsp3) is 0.308. The number of aryl methyl sites for hydroxylation is 1. The van der Waals surface area contributed by atoms with Crippen molar-refractivity contribution in [3.63, 3.8) is 0 Å². The molecule has 2 rings (SSSR count). The number of hydrogen-bond acceptors (Lipinski definition) is 4. The molecular formula is C13H17N3O2. The van der Waals surface area contributed by atoms with Crippen LogP contribution < -0.4 is 15.2 Å². The third-order valence-electron chi connectivity index (χ3n) is 2.82. The molecule has 1 aromatic carbocycles. The Morgan fingerprint density at radius 2 is 1.72 bits per heavy atom. The molecule has 0 spiro atoms. The van der Waals surface area contributed by atoms with Crippen LogP contribution in [0.1, 0.15) is 17.2 Å². The summed E-state index contributed by atoms with van der Waals surface area (Å²) in [6.07, 6.45) is 3.66. The van der Waals surface area contributed by atoms with E-state index in [1.54, 1.807) is 25.1 Å². The van der Waals surface area contributed by atoms with Gasteiger partial charge in [-0.25, -0.2) is 0 Å². The van der Waals surface area contributed by atoms with E-state index in [-0.39, 0.29) is 6.04 Å². The molecule has 0 saturated heterocycles. The van der Waals surface area contributed by atoms with Crippen molar-refractivity contribution < 1.29 is 9.47 Å². The fourth-order valence-electron chi connectivity index (χ4n) is 1.80. The predicted molar refractivity (Wildman–Crippen MR) is 68.8 cm³/mol. The minimum atomic E-state index is -0.248. The molecule has 0 aliphatic heterocycles. The predicted octanol–water partition coefficient (Wildman–Crippen LogP) is 1.49. The highest BCUT2D eigenvalue weighted by atomic mass is 16.5. The molecule has 18 heavy (non-hydrogen) atoms. The van der Waals surface area contributed by atoms with E-state index in [4.69, 9.17) is 15.2 Å². The molecule has 1 aromatic heterocycles. The lowest BCUT2D eigenvalue weighted by Crippen LogP contribution is -2.11. The molecule has 5 nitrogen and oxygen atoms in total. The molecule has 2 aromatic rings. The first kappa shape index (κ1) is 12.4. The zero-order chi connectivity index (χ0) is 13.1. The quantitative estimate of drug-likeness (QED) is 0.889. The van der Waals surface area contributed by atoms with Gasteiger partial charge in [-0.3, -0.25) is 4.68 Å². The summed E-state index contributed by atoms with van der Waals surface area (Å²) in [5, 5.41) is 4.12. The SMILES string of the molecule is COc1cc(OC)cc(C(N)c2cnn(C)c2)c1. The Morgan fingerprint density at radius 3 is 2.17 bits per heavy atom. The molecule has 0 aliphatic carbocycles. The molecule has 0 aliphatic rings. The molecule has 1 heterocycles. The fourth-order valence-corrected chi connectivity index (χ4v) is 1.80. The monoisotopic (exact) mass is 247 g/mol. The minimum Gasteiger partial charge on any atom is -0.497 e. The molecule has 2 N–H and O–H groups in total. The first-order valence-corrected chi connectivity index (χ1v) is 5.61. The van der Waals surface area contributed by atoms with Crippen LogP contribution in [0.15, 0.2) is 30.6 Å². The molecule has 0 amide bonds. The van der Waals surface area contributed by atoms with Gasteiger partial charge < -0.3 is 15.2 Å². The molecule has 96 valence electrons. The molecule has 0 radical (unpaired) electrons. The second-order valence-electron chi connectivity index (χ2n) is 4.07. The van der Waals surface area contributed by atoms with Crippen LogP contribution in [0, 0.1) is 0 Å². The minimum absolute atomic E-state index is 0.248. The number of hydrogen-bond donors (Lipinski definition) is 1. The summed E-state index contributed by atoms with van der Waals surface area (Å²) in [5.41, 5.74) is 8.09. The van der Waals surface area contributed by atoms with Gasteiger partial charge in [0.25, 0.3) is 0 Å². The maximum Gasteiger partial charge on any atom is 0.122 e. The summed E-state index contributed by atoms with van der Waals surface area (Å²) in [5.74, 6) is 1.45. The number of benzene rings is 1. The van der Waals surface area contributed by atoms with E-state index >= 15 is 0 Å². The van der Waals surface area contributed by atoms with E-state index in [0.29, 0.717) is 0 Å². The van der Waals surface area contributed by atoms with Gasteiger partial charge in [0.15, 0.2) is 0 Å². The van der Waals surface area contributed by atoms with E-state index in [9.17, 15) is 0 Å². The molecule has 0 saturated carbocycles. The zero-order valence-electron chi connectivity index (χ0n) is 10.8. The van der Waals surface area contributed by atoms with Crippen LogP contribution >= 0.6 is 0 Å². The van der Waals surface area contributed by atoms with Gasteiger partial charge in [-0.15, -0.1) is 0 Å². The molecular weight excluding hydrogens is 230 g/mol. The molecule has 0 bridgehead atoms. The van der Waals surface area contributed by atoms with E-state index in [1.165, 1.54) is 0 Å². The summed E-state index contributed by atoms with van der Waals surface area (Å²) in [7, 11) is 5.10. The third kappa shape index (κ3) is 2.46. The van der Waals surface area contributed by atoms with E-state index in [0.717, 1.165) is 22.6 Å². The third-order valence-corrected chi connectivity index (χ3v) is 2.82. The molecule has 1 unspecified atom stereocenters. The Bertz CT molecular complexity index is 515. The average molecular weight is 247 g/mol. The summed E-state index contributed by atoms with van der Waals surface area (Å²) in [6.45, 7) is 0. The Morgan fingerprint density at radius 1 is 1.11 bits per heavy atom. The highest BCUT2D eigenvalue weighted by Crippen LogP contribution is 2.28. The van der Waals surface area contributed by atoms with Crippen molar-refractivity contribution >= 4 is 0 Å². The number of nitrogens with zero attached hydrogens (tertiary/aromatic N) is 2. The van der Waals surface area contributed by atoms with E-state index < -0.39 is 0 Å². The first-order valence-electron chi connectivity index (χ1n) is 5.61. The van der Waals surface area contributed by atoms with Crippen molar-refractivity contribution in [1.29, 1.82) is 0 Å². The van der Waals surface area contributed by atoms with Gasteiger partial charge in [0.05, 0.1) is 26.5 Å². The molecule has 0 fully saturated rings. The Balaban J connectivity index is 2.37. The second kappa shape index (κ2) is 5.10. The van der Waals surface area contributed by atoms with Gasteiger partial charge in [-0.05, 0) is 17.7 Å². The number of methoxy groups -OCH3 is 2. The highest BCUT2D eigenvalue weighted by Gasteiger charge is 2.13. The highest BCUT2D eigenvalue weighted by molar-refractivity contribution is 5.42. The molecule has 5 heteroatoms. The summed E-state index contributed by atoms with van der Waals surface area (Å²) >= 11 is 0. The van der Waals surface area contributed by atoms with Crippen LogP contribution in [0.4, 0.5) is 0 Å². The van der Waals surface area contributed by atoms with Crippen molar-refractivity contribution in [2.45, 2.75) is 6.04 Å². The molecule has 1 atom stereocenters. The Kier molecular flexibility index (Phi) is 3.53. The van der Waals surface area contributed by atoms with Crippen LogP contribution in [0.5, 0.6) is 11.5 Å². The largest absolute Gasteiger partial charge is 0.497 e. The Hall–Kier alpha value is -2.01. The lowest BCUT2D eigenvalue weighted by molar-refractivity contribution is 0.393. The van der Waals surface area contributed by atoms with Gasteiger partial charge in [-0.2, -0.15) is 5.10 Å². The average Bonchev–Trinajstić information content (AvgIpc) is 2.83. The van der Waals surface area contributed by atoms with Crippen LogP contribution in [0.3, 0.4) is 0 Å². The van der Waals surface area contributed by atoms with Gasteiger partial charge in [-0.1, -0.05) is 0 Å². The van der Waals surface area contributed by atoms with Gasteiger partial charge in [0.1, 0.15) is 11.5 Å². The number of nitrogens with two attached hydrogens (primary N) is 1. The van der Waals surface area contributed by atoms with E-state index in [1.807, 2.05) is 31.4 Å². The lowest BCUT2D eigenvalue weighted by Gasteiger charge is -2.13. The normalized spacial score (nSPS) is 12.2. The van der Waals surface area contributed by atoms with Gasteiger partial charge in [0.2, 0.25) is 0 Å². The van der Waals surface area contributed by atoms with Gasteiger partial charge >= 0.3 is 0 Å². The summed E-state index contributed by atoms with van der Waals surface area (Å²) in [4.78, 5) is 0. The summed E-state index contributed by atoms with van der Waals surface area (Å²) < 4.78 is 12.2. The Labute approximate surface area is 106 Å². The maximum atomic E-state index is 6.21. The topological polar surface area (TPSA) is 62.3 Å². The standard InChI is InChI=1S/C13H17N3O2/c1-16-8-10(7-15-16)13(14)9-4-11(17-2)6-12(5-9)18-3/h4-8,13H,14H2,1-3H3. The first-order chi connectivity index (χ1) is 8.63. The number of aromatic nitrogens is 2. The smallest absolute Gasteiger partial charge is 0.122 e. The zero-order valence-corrected chi connectivity index (χ0v) is 10.8. The van der Waals surface area contributed by atoms with Crippen LogP contribution in [0.25, 0.3) is 0 Å². The summed E-state index contributed by atoms with van der Waals surface area (Å²) in [6, 6.07) is 5.38. The van der Waals surface area contributed by atoms with E-state index in [2.05, 4.69) is 5.10 Å². The van der Waals surface area contributed by atoms with Crippen LogP contribution in [-0.2, 0) is 7.05 Å². The van der Waals surface area contributed by atoms with Crippen molar-refractivity contribution in [3.05, 3.63) is 41.7 Å². The number of rotatable bonds is 4. The lowest BCUT2D eigenvalue weighted by atomic mass is 10.0. The van der Waals surface area contributed by atoms with Gasteiger partial charge in [0, 0.05) is 24.9 Å². The van der Waals surface area contributed by atoms with Crippen molar-refractivity contribution in [3.8, 4) is 11.5 Å². The van der Waals surface area contributed by atoms with Crippen molar-refractivity contribution in [1.82, 2.24) is 9.78 Å². The van der Waals surface area contributed by atoms with Crippen LogP contribution in [-0.4, -0.2) is 24.0 Å². The van der Waals surface area contributed by atoms with Crippen molar-refractivity contribution in [2.24, 2.45) is 12.8 Å². The maximum absolute atomic E-state index is 6.21.